The lowest BCUT2D eigenvalue weighted by molar-refractivity contribution is 1.13. The molecule has 0 aliphatic rings. The molecule has 12 heteroatoms. The van der Waals surface area contributed by atoms with Crippen molar-refractivity contribution in [3.63, 3.8) is 0 Å². The predicted octanol–water partition coefficient (Wildman–Crippen LogP) is 22.9. The molecule has 8 aromatic heterocycles. The molecular formula is C88H52N10S2. The Morgan fingerprint density at radius 2 is 0.620 bits per heavy atom. The first-order valence-corrected chi connectivity index (χ1v) is 34.9. The molecule has 0 fully saturated rings. The molecule has 0 aliphatic heterocycles. The molecule has 10 nitrogen and oxygen atoms in total. The van der Waals surface area contributed by atoms with E-state index in [0.29, 0.717) is 23.3 Å². The Morgan fingerprint density at radius 1 is 0.230 bits per heavy atom. The third-order valence-corrected chi connectivity index (χ3v) is 21.2. The zero-order valence-electron chi connectivity index (χ0n) is 53.3. The van der Waals surface area contributed by atoms with Crippen LogP contribution in [0.1, 0.15) is 0 Å². The van der Waals surface area contributed by atoms with Crippen molar-refractivity contribution in [3.05, 3.63) is 315 Å². The lowest BCUT2D eigenvalue weighted by Crippen LogP contribution is -2.01. The second-order valence-corrected chi connectivity index (χ2v) is 27.0. The molecular weight excluding hydrogens is 1260 g/mol. The second kappa shape index (κ2) is 23.4. The van der Waals surface area contributed by atoms with Crippen LogP contribution >= 0.6 is 22.7 Å². The van der Waals surface area contributed by atoms with Gasteiger partial charge in [-0.3, -0.25) is 0 Å². The molecule has 466 valence electrons. The Hall–Kier alpha value is -13.0. The molecule has 0 radical (unpaired) electrons. The molecule has 0 saturated carbocycles. The third-order valence-electron chi connectivity index (χ3n) is 19.1. The van der Waals surface area contributed by atoms with Crippen LogP contribution in [0.4, 0.5) is 0 Å². The molecule has 8 heterocycles. The van der Waals surface area contributed by atoms with Crippen LogP contribution in [-0.2, 0) is 0 Å². The van der Waals surface area contributed by atoms with Gasteiger partial charge in [0.05, 0.1) is 55.9 Å². The molecule has 0 bridgehead atoms. The molecule has 0 aliphatic carbocycles. The molecule has 0 N–H and O–H groups in total. The number of hydrogen-bond donors (Lipinski definition) is 0. The smallest absolute Gasteiger partial charge is 0.199 e. The highest BCUT2D eigenvalue weighted by Crippen LogP contribution is 2.44. The van der Waals surface area contributed by atoms with Crippen LogP contribution in [0, 0.1) is 0 Å². The van der Waals surface area contributed by atoms with Gasteiger partial charge in [0.15, 0.2) is 23.3 Å². The van der Waals surface area contributed by atoms with Crippen LogP contribution in [0.3, 0.4) is 0 Å². The number of thiophene rings is 2. The molecule has 13 aromatic carbocycles. The van der Waals surface area contributed by atoms with Crippen molar-refractivity contribution in [1.82, 2.24) is 49.0 Å². The Kier molecular flexibility index (Phi) is 13.4. The average Bonchev–Trinajstić information content (AvgIpc) is 1.44. The quantitative estimate of drug-likeness (QED) is 0.138. The Balaban J connectivity index is 0.000000135. The second-order valence-electron chi connectivity index (χ2n) is 24.9. The fourth-order valence-electron chi connectivity index (χ4n) is 14.6. The molecule has 100 heavy (non-hydrogen) atoms. The van der Waals surface area contributed by atoms with Crippen molar-refractivity contribution >= 4 is 139 Å². The minimum atomic E-state index is 0.502. The standard InChI is InChI=1S/C46H27N5S.C42H25N5S/c1-3-14-29(15-4-1)42-40-34-20-10-12-22-39(34)52-46(40)50-45(48-42)44-47-41(35-25-23-28-13-7-8-18-32(28)43(35)49-44)30-24-26-38-36(27-30)33-19-9-11-21-37(33)51(38)31-16-5-2-6-17-31;1-3-13-26(14-4-1)39-37-31-19-9-12-22-36(31)48-42(37)46-41(45-39)40-43-33-20-10-7-18-30(33)38(44-40)27-23-24-35-32(25-27)29-17-8-11-21-34(29)47(35)28-15-5-2-6-16-28/h1-27H;1-25H. The average molecular weight is 1310 g/mol. The molecule has 0 atom stereocenters. The van der Waals surface area contributed by atoms with E-state index in [1.54, 1.807) is 22.7 Å². The number of benzene rings is 13. The van der Waals surface area contributed by atoms with E-state index < -0.39 is 0 Å². The van der Waals surface area contributed by atoms with Gasteiger partial charge in [-0.05, 0) is 90.3 Å². The van der Waals surface area contributed by atoms with E-state index in [0.717, 1.165) is 131 Å². The first-order chi connectivity index (χ1) is 49.6. The van der Waals surface area contributed by atoms with Crippen LogP contribution in [0.15, 0.2) is 315 Å². The van der Waals surface area contributed by atoms with Crippen LogP contribution in [0.2, 0.25) is 0 Å². The van der Waals surface area contributed by atoms with E-state index in [9.17, 15) is 0 Å². The van der Waals surface area contributed by atoms with Gasteiger partial charge in [0.1, 0.15) is 9.66 Å². The topological polar surface area (TPSA) is 113 Å². The molecule has 0 amide bonds. The minimum Gasteiger partial charge on any atom is -0.309 e. The maximum absolute atomic E-state index is 5.36. The molecule has 21 rings (SSSR count). The van der Waals surface area contributed by atoms with Gasteiger partial charge in [-0.1, -0.05) is 231 Å². The number of fused-ring (bicyclic) bond motifs is 16. The molecule has 0 saturated heterocycles. The molecule has 21 aromatic rings. The van der Waals surface area contributed by atoms with Crippen LogP contribution in [0.25, 0.3) is 196 Å². The van der Waals surface area contributed by atoms with Gasteiger partial charge in [0.25, 0.3) is 0 Å². The van der Waals surface area contributed by atoms with Gasteiger partial charge in [0.2, 0.25) is 0 Å². The minimum absolute atomic E-state index is 0.502. The van der Waals surface area contributed by atoms with Crippen molar-refractivity contribution in [2.45, 2.75) is 0 Å². The largest absolute Gasteiger partial charge is 0.309 e. The van der Waals surface area contributed by atoms with Gasteiger partial charge in [-0.25, -0.2) is 39.9 Å². The van der Waals surface area contributed by atoms with E-state index >= 15 is 0 Å². The summed E-state index contributed by atoms with van der Waals surface area (Å²) in [6.07, 6.45) is 0. The summed E-state index contributed by atoms with van der Waals surface area (Å²) >= 11 is 3.36. The fourth-order valence-corrected chi connectivity index (χ4v) is 16.7. The van der Waals surface area contributed by atoms with E-state index in [4.69, 9.17) is 39.9 Å². The summed E-state index contributed by atoms with van der Waals surface area (Å²) in [5, 5.41) is 13.3. The zero-order chi connectivity index (χ0) is 65.8. The highest BCUT2D eigenvalue weighted by Gasteiger charge is 2.25. The van der Waals surface area contributed by atoms with Crippen LogP contribution < -0.4 is 0 Å². The summed E-state index contributed by atoms with van der Waals surface area (Å²) in [5.74, 6) is 2.03. The van der Waals surface area contributed by atoms with E-state index in [-0.39, 0.29) is 0 Å². The van der Waals surface area contributed by atoms with E-state index in [1.807, 2.05) is 42.5 Å². The lowest BCUT2D eigenvalue weighted by atomic mass is 10.0. The Morgan fingerprint density at radius 3 is 1.15 bits per heavy atom. The van der Waals surface area contributed by atoms with Gasteiger partial charge in [0, 0.05) is 102 Å². The number of aromatic nitrogens is 10. The van der Waals surface area contributed by atoms with Gasteiger partial charge in [-0.2, -0.15) is 0 Å². The van der Waals surface area contributed by atoms with Gasteiger partial charge in [-0.15, -0.1) is 22.7 Å². The number of rotatable bonds is 8. The summed E-state index contributed by atoms with van der Waals surface area (Å²) < 4.78 is 7.02. The molecule has 0 spiro atoms. The van der Waals surface area contributed by atoms with E-state index in [2.05, 4.69) is 282 Å². The number of para-hydroxylation sites is 5. The monoisotopic (exact) mass is 1310 g/mol. The Bertz CT molecular complexity index is 6850. The first kappa shape index (κ1) is 57.3. The predicted molar refractivity (Wildman–Crippen MR) is 415 cm³/mol. The van der Waals surface area contributed by atoms with Crippen molar-refractivity contribution in [1.29, 1.82) is 0 Å². The maximum Gasteiger partial charge on any atom is 0.199 e. The zero-order valence-corrected chi connectivity index (χ0v) is 54.9. The van der Waals surface area contributed by atoms with Crippen molar-refractivity contribution in [2.24, 2.45) is 0 Å². The summed E-state index contributed by atoms with van der Waals surface area (Å²) in [5.41, 5.74) is 16.2. The first-order valence-electron chi connectivity index (χ1n) is 33.2. The van der Waals surface area contributed by atoms with Crippen molar-refractivity contribution < 1.29 is 0 Å². The highest BCUT2D eigenvalue weighted by molar-refractivity contribution is 7.26. The Labute approximate surface area is 579 Å². The van der Waals surface area contributed by atoms with Gasteiger partial charge < -0.3 is 9.13 Å². The highest BCUT2D eigenvalue weighted by atomic mass is 32.1. The SMILES string of the molecule is c1ccc(-c2nc(-c3nc(-c4ccc5c(c4)c4ccccc4n5-c4ccccc4)c4ccc5ccccc5c4n3)nc3sc4ccccc4c23)cc1.c1ccc(-c2nc(-c3nc(-c4ccc5c(c4)c4ccccc4n5-c4ccccc4)c4ccccc4n3)nc3sc4ccccc4c23)cc1. The van der Waals surface area contributed by atoms with Crippen molar-refractivity contribution in [2.75, 3.05) is 0 Å². The van der Waals surface area contributed by atoms with Crippen molar-refractivity contribution in [3.8, 4) is 79.7 Å². The van der Waals surface area contributed by atoms with E-state index in [1.165, 1.54) is 42.0 Å². The third kappa shape index (κ3) is 9.44. The number of nitrogens with zero attached hydrogens (tertiary/aromatic N) is 10. The van der Waals surface area contributed by atoms with Crippen LogP contribution in [0.5, 0.6) is 0 Å². The maximum atomic E-state index is 5.36. The summed E-state index contributed by atoms with van der Waals surface area (Å²) in [6.45, 7) is 0. The summed E-state index contributed by atoms with van der Waals surface area (Å²) in [7, 11) is 0. The van der Waals surface area contributed by atoms with Gasteiger partial charge >= 0.3 is 0 Å². The normalized spacial score (nSPS) is 11.8. The lowest BCUT2D eigenvalue weighted by Gasteiger charge is -2.12. The fraction of sp³-hybridized carbons (Fsp3) is 0. The summed E-state index contributed by atoms with van der Waals surface area (Å²) in [4.78, 5) is 43.6. The summed E-state index contributed by atoms with van der Waals surface area (Å²) in [6, 6.07) is 110. The number of hydrogen-bond acceptors (Lipinski definition) is 10. The molecule has 0 unspecified atom stereocenters. The van der Waals surface area contributed by atoms with Crippen LogP contribution in [-0.4, -0.2) is 49.0 Å².